The number of nitrogens with zero attached hydrogens (tertiary/aromatic N) is 2. The van der Waals surface area contributed by atoms with Crippen LogP contribution in [0.4, 0.5) is 4.79 Å². The summed E-state index contributed by atoms with van der Waals surface area (Å²) in [6.07, 6.45) is 6.88. The van der Waals surface area contributed by atoms with Gasteiger partial charge in [-0.2, -0.15) is 0 Å². The lowest BCUT2D eigenvalue weighted by Gasteiger charge is -2.46. The van der Waals surface area contributed by atoms with E-state index in [2.05, 4.69) is 15.3 Å². The molecular weight excluding hydrogens is 284 g/mol. The van der Waals surface area contributed by atoms with Crippen LogP contribution in [0.2, 0.25) is 0 Å². The first kappa shape index (κ1) is 15.3. The molecule has 1 atom stereocenters. The first-order valence-electron chi connectivity index (χ1n) is 8.02. The Morgan fingerprint density at radius 2 is 2.36 bits per heavy atom. The molecule has 0 unspecified atom stereocenters. The van der Waals surface area contributed by atoms with Gasteiger partial charge in [-0.1, -0.05) is 0 Å². The lowest BCUT2D eigenvalue weighted by atomic mass is 9.82. The SMILES string of the molecule is O=C(NCCc1cnc[nH]1)N1CCC2(CC1)OCCC[C@H]2O. The maximum absolute atomic E-state index is 12.2. The fourth-order valence-corrected chi connectivity index (χ4v) is 3.31. The average molecular weight is 308 g/mol. The predicted octanol–water partition coefficient (Wildman–Crippen LogP) is 0.668. The molecule has 0 aliphatic carbocycles. The number of H-pyrrole nitrogens is 1. The molecule has 2 aliphatic rings. The van der Waals surface area contributed by atoms with Crippen molar-refractivity contribution in [2.45, 2.75) is 43.8 Å². The Labute approximate surface area is 130 Å². The topological polar surface area (TPSA) is 90.5 Å². The maximum atomic E-state index is 12.2. The smallest absolute Gasteiger partial charge is 0.317 e. The van der Waals surface area contributed by atoms with Crippen molar-refractivity contribution in [2.24, 2.45) is 0 Å². The molecule has 3 rings (SSSR count). The van der Waals surface area contributed by atoms with Crippen LogP contribution in [0.15, 0.2) is 12.5 Å². The Morgan fingerprint density at radius 3 is 3.05 bits per heavy atom. The number of hydrogen-bond donors (Lipinski definition) is 3. The third-order valence-electron chi connectivity index (χ3n) is 4.74. The number of aliphatic hydroxyl groups is 1. The number of ether oxygens (including phenoxy) is 1. The predicted molar refractivity (Wildman–Crippen MR) is 80.4 cm³/mol. The van der Waals surface area contributed by atoms with Crippen molar-refractivity contribution < 1.29 is 14.6 Å². The number of rotatable bonds is 3. The highest BCUT2D eigenvalue weighted by molar-refractivity contribution is 5.74. The molecular formula is C15H24N4O3. The van der Waals surface area contributed by atoms with Crippen LogP contribution in [0.1, 0.15) is 31.4 Å². The molecule has 0 bridgehead atoms. The van der Waals surface area contributed by atoms with Gasteiger partial charge in [0, 0.05) is 44.6 Å². The molecule has 7 nitrogen and oxygen atoms in total. The second-order valence-electron chi connectivity index (χ2n) is 6.12. The number of nitrogens with one attached hydrogen (secondary N) is 2. The number of likely N-dealkylation sites (tertiary alicyclic amines) is 1. The largest absolute Gasteiger partial charge is 0.390 e. The van der Waals surface area contributed by atoms with Crippen LogP contribution in [0.5, 0.6) is 0 Å². The van der Waals surface area contributed by atoms with Crippen LogP contribution >= 0.6 is 0 Å². The van der Waals surface area contributed by atoms with Crippen molar-refractivity contribution in [2.75, 3.05) is 26.2 Å². The highest BCUT2D eigenvalue weighted by Crippen LogP contribution is 2.35. The lowest BCUT2D eigenvalue weighted by Crippen LogP contribution is -2.57. The van der Waals surface area contributed by atoms with E-state index in [-0.39, 0.29) is 6.03 Å². The van der Waals surface area contributed by atoms with Gasteiger partial charge in [-0.3, -0.25) is 0 Å². The zero-order valence-electron chi connectivity index (χ0n) is 12.8. The lowest BCUT2D eigenvalue weighted by molar-refractivity contribution is -0.173. The van der Waals surface area contributed by atoms with E-state index in [1.165, 1.54) is 0 Å². The van der Waals surface area contributed by atoms with Gasteiger partial charge in [0.25, 0.3) is 0 Å². The maximum Gasteiger partial charge on any atom is 0.317 e. The number of carbonyl (C=O) groups is 1. The number of aromatic nitrogens is 2. The van der Waals surface area contributed by atoms with Crippen LogP contribution in [-0.4, -0.2) is 64.0 Å². The minimum Gasteiger partial charge on any atom is -0.390 e. The van der Waals surface area contributed by atoms with Gasteiger partial charge < -0.3 is 25.0 Å². The molecule has 2 fully saturated rings. The number of piperidine rings is 1. The third-order valence-corrected chi connectivity index (χ3v) is 4.74. The van der Waals surface area contributed by atoms with Gasteiger partial charge in [-0.25, -0.2) is 9.78 Å². The zero-order chi connectivity index (χ0) is 15.4. The van der Waals surface area contributed by atoms with Crippen molar-refractivity contribution in [1.29, 1.82) is 0 Å². The molecule has 2 saturated heterocycles. The first-order valence-corrected chi connectivity index (χ1v) is 8.02. The normalized spacial score (nSPS) is 24.4. The summed E-state index contributed by atoms with van der Waals surface area (Å²) in [5.74, 6) is 0. The second kappa shape index (κ2) is 6.66. The summed E-state index contributed by atoms with van der Waals surface area (Å²) in [4.78, 5) is 20.9. The van der Waals surface area contributed by atoms with Crippen LogP contribution in [0.25, 0.3) is 0 Å². The van der Waals surface area contributed by atoms with Gasteiger partial charge in [0.15, 0.2) is 0 Å². The number of hydrogen-bond acceptors (Lipinski definition) is 4. The summed E-state index contributed by atoms with van der Waals surface area (Å²) in [5.41, 5.74) is 0.585. The number of urea groups is 1. The molecule has 3 heterocycles. The van der Waals surface area contributed by atoms with E-state index in [0.717, 1.165) is 25.0 Å². The summed E-state index contributed by atoms with van der Waals surface area (Å²) in [7, 11) is 0. The molecule has 1 aromatic heterocycles. The summed E-state index contributed by atoms with van der Waals surface area (Å²) in [5, 5.41) is 13.1. The van der Waals surface area contributed by atoms with Gasteiger partial charge in [-0.15, -0.1) is 0 Å². The van der Waals surface area contributed by atoms with E-state index in [4.69, 9.17) is 4.74 Å². The Hall–Kier alpha value is -1.60. The molecule has 7 heteroatoms. The summed E-state index contributed by atoms with van der Waals surface area (Å²) in [6.45, 7) is 2.56. The molecule has 0 aromatic carbocycles. The van der Waals surface area contributed by atoms with Crippen LogP contribution in [0, 0.1) is 0 Å². The molecule has 0 saturated carbocycles. The van der Waals surface area contributed by atoms with Gasteiger partial charge in [0.1, 0.15) is 0 Å². The molecule has 1 spiro atoms. The van der Waals surface area contributed by atoms with Crippen molar-refractivity contribution in [3.8, 4) is 0 Å². The number of aliphatic hydroxyl groups excluding tert-OH is 1. The molecule has 22 heavy (non-hydrogen) atoms. The summed E-state index contributed by atoms with van der Waals surface area (Å²) in [6, 6.07) is -0.0420. The fourth-order valence-electron chi connectivity index (χ4n) is 3.31. The number of aromatic amines is 1. The Bertz CT molecular complexity index is 483. The monoisotopic (exact) mass is 308 g/mol. The minimum absolute atomic E-state index is 0.0420. The number of imidazole rings is 1. The van der Waals surface area contributed by atoms with Gasteiger partial charge in [0.2, 0.25) is 0 Å². The van der Waals surface area contributed by atoms with Gasteiger partial charge in [0.05, 0.1) is 18.0 Å². The van der Waals surface area contributed by atoms with Crippen LogP contribution < -0.4 is 5.32 Å². The van der Waals surface area contributed by atoms with Gasteiger partial charge in [-0.05, 0) is 25.7 Å². The van der Waals surface area contributed by atoms with E-state index >= 15 is 0 Å². The fraction of sp³-hybridized carbons (Fsp3) is 0.733. The Balaban J connectivity index is 1.43. The minimum atomic E-state index is -0.426. The standard InChI is InChI=1S/C15H24N4O3/c20-13-2-1-9-22-15(13)4-7-19(8-5-15)14(21)17-6-3-12-10-16-11-18-12/h10-11,13,20H,1-9H2,(H,16,18)(H,17,21)/t13-/m1/s1. The van der Waals surface area contributed by atoms with E-state index in [1.807, 2.05) is 4.90 Å². The molecule has 2 aliphatic heterocycles. The van der Waals surface area contributed by atoms with Crippen LogP contribution in [0.3, 0.4) is 0 Å². The summed E-state index contributed by atoms with van der Waals surface area (Å²) >= 11 is 0. The number of carbonyl (C=O) groups excluding carboxylic acids is 1. The van der Waals surface area contributed by atoms with Crippen LogP contribution in [-0.2, 0) is 11.2 Å². The molecule has 122 valence electrons. The Kier molecular flexibility index (Phi) is 4.63. The highest BCUT2D eigenvalue weighted by atomic mass is 16.5. The molecule has 0 radical (unpaired) electrons. The Morgan fingerprint density at radius 1 is 1.55 bits per heavy atom. The highest BCUT2D eigenvalue weighted by Gasteiger charge is 2.44. The molecule has 2 amide bonds. The van der Waals surface area contributed by atoms with E-state index < -0.39 is 11.7 Å². The van der Waals surface area contributed by atoms with Crippen molar-refractivity contribution in [3.63, 3.8) is 0 Å². The average Bonchev–Trinajstić information content (AvgIpc) is 3.04. The van der Waals surface area contributed by atoms with Crippen molar-refractivity contribution in [1.82, 2.24) is 20.2 Å². The quantitative estimate of drug-likeness (QED) is 0.765. The van der Waals surface area contributed by atoms with Gasteiger partial charge >= 0.3 is 6.03 Å². The van der Waals surface area contributed by atoms with Crippen molar-refractivity contribution in [3.05, 3.63) is 18.2 Å². The molecule has 1 aromatic rings. The molecule has 3 N–H and O–H groups in total. The number of amides is 2. The summed E-state index contributed by atoms with van der Waals surface area (Å²) < 4.78 is 5.86. The van der Waals surface area contributed by atoms with Crippen molar-refractivity contribution >= 4 is 6.03 Å². The zero-order valence-corrected chi connectivity index (χ0v) is 12.8. The third kappa shape index (κ3) is 3.25. The second-order valence-corrected chi connectivity index (χ2v) is 6.12. The van der Waals surface area contributed by atoms with E-state index in [0.29, 0.717) is 39.1 Å². The van der Waals surface area contributed by atoms with E-state index in [9.17, 15) is 9.90 Å². The first-order chi connectivity index (χ1) is 10.7. The van der Waals surface area contributed by atoms with E-state index in [1.54, 1.807) is 12.5 Å².